The molecule has 2 aromatic carbocycles. The summed E-state index contributed by atoms with van der Waals surface area (Å²) in [7, 11) is 1.86. The first kappa shape index (κ1) is 18.3. The van der Waals surface area contributed by atoms with Crippen molar-refractivity contribution in [1.82, 2.24) is 4.90 Å². The summed E-state index contributed by atoms with van der Waals surface area (Å²) in [5, 5.41) is 3.09. The molecular formula is C22H29N3O. The van der Waals surface area contributed by atoms with E-state index >= 15 is 0 Å². The third-order valence-corrected chi connectivity index (χ3v) is 5.10. The maximum atomic E-state index is 12.7. The summed E-state index contributed by atoms with van der Waals surface area (Å²) in [5.74, 6) is 0. The Morgan fingerprint density at radius 2 is 1.69 bits per heavy atom. The highest BCUT2D eigenvalue weighted by Crippen LogP contribution is 2.26. The zero-order chi connectivity index (χ0) is 18.7. The molecule has 0 aromatic heterocycles. The van der Waals surface area contributed by atoms with E-state index in [0.717, 1.165) is 29.9 Å². The van der Waals surface area contributed by atoms with Crippen LogP contribution in [-0.2, 0) is 6.54 Å². The third-order valence-electron chi connectivity index (χ3n) is 5.10. The summed E-state index contributed by atoms with van der Waals surface area (Å²) in [6.07, 6.45) is 2.49. The second kappa shape index (κ2) is 7.81. The monoisotopic (exact) mass is 351 g/mol. The van der Waals surface area contributed by atoms with Gasteiger partial charge in [-0.1, -0.05) is 35.9 Å². The molecule has 1 saturated heterocycles. The number of hydrogen-bond donors (Lipinski definition) is 1. The molecule has 2 amide bonds. The van der Waals surface area contributed by atoms with E-state index in [1.807, 2.05) is 20.9 Å². The Morgan fingerprint density at radius 1 is 1.08 bits per heavy atom. The van der Waals surface area contributed by atoms with E-state index in [0.29, 0.717) is 6.54 Å². The minimum atomic E-state index is -0.0729. The third kappa shape index (κ3) is 4.01. The van der Waals surface area contributed by atoms with Crippen LogP contribution >= 0.6 is 0 Å². The van der Waals surface area contributed by atoms with Crippen LogP contribution in [0.1, 0.15) is 35.1 Å². The van der Waals surface area contributed by atoms with Crippen LogP contribution in [0.25, 0.3) is 0 Å². The van der Waals surface area contributed by atoms with Crippen molar-refractivity contribution in [2.24, 2.45) is 0 Å². The van der Waals surface area contributed by atoms with Gasteiger partial charge >= 0.3 is 6.03 Å². The van der Waals surface area contributed by atoms with Gasteiger partial charge in [-0.05, 0) is 56.4 Å². The molecule has 0 radical (unpaired) electrons. The quantitative estimate of drug-likeness (QED) is 0.852. The predicted octanol–water partition coefficient (Wildman–Crippen LogP) is 4.88. The number of aryl methyl sites for hydroxylation is 3. The Labute approximate surface area is 156 Å². The van der Waals surface area contributed by atoms with Crippen molar-refractivity contribution >= 4 is 17.4 Å². The normalized spacial score (nSPS) is 13.8. The number of rotatable bonds is 4. The maximum Gasteiger partial charge on any atom is 0.321 e. The fourth-order valence-electron chi connectivity index (χ4n) is 3.82. The fraction of sp³-hybridized carbons (Fsp3) is 0.409. The van der Waals surface area contributed by atoms with Gasteiger partial charge in [0.1, 0.15) is 0 Å². The first-order chi connectivity index (χ1) is 12.5. The first-order valence-electron chi connectivity index (χ1n) is 9.38. The summed E-state index contributed by atoms with van der Waals surface area (Å²) in [4.78, 5) is 16.9. The van der Waals surface area contributed by atoms with Gasteiger partial charge in [-0.25, -0.2) is 4.79 Å². The van der Waals surface area contributed by atoms with Crippen molar-refractivity contribution in [1.29, 1.82) is 0 Å². The molecule has 1 heterocycles. The zero-order valence-electron chi connectivity index (χ0n) is 16.3. The molecule has 1 fully saturated rings. The van der Waals surface area contributed by atoms with Gasteiger partial charge in [0.05, 0.1) is 0 Å². The van der Waals surface area contributed by atoms with Crippen molar-refractivity contribution < 1.29 is 4.79 Å². The standard InChI is InChI=1S/C22H29N3O/c1-16-13-17(2)21(18(3)14-16)23-22(26)24(4)15-19-9-5-6-10-20(19)25-11-7-8-12-25/h5-6,9-10,13-14H,7-8,11-12,15H2,1-4H3,(H,23,26). The van der Waals surface area contributed by atoms with Crippen molar-refractivity contribution in [3.63, 3.8) is 0 Å². The van der Waals surface area contributed by atoms with Gasteiger partial charge in [0, 0.05) is 38.1 Å². The van der Waals surface area contributed by atoms with E-state index < -0.39 is 0 Å². The molecule has 1 aliphatic heterocycles. The number of hydrogen-bond acceptors (Lipinski definition) is 2. The summed E-state index contributed by atoms with van der Waals surface area (Å²) in [6, 6.07) is 12.6. The van der Waals surface area contributed by atoms with Gasteiger partial charge in [0.25, 0.3) is 0 Å². The van der Waals surface area contributed by atoms with Crippen molar-refractivity contribution in [3.05, 3.63) is 58.7 Å². The Morgan fingerprint density at radius 3 is 2.35 bits per heavy atom. The summed E-state index contributed by atoms with van der Waals surface area (Å²) >= 11 is 0. The molecule has 0 atom stereocenters. The molecule has 0 bridgehead atoms. The second-order valence-corrected chi connectivity index (χ2v) is 7.38. The van der Waals surface area contributed by atoms with E-state index in [4.69, 9.17) is 0 Å². The second-order valence-electron chi connectivity index (χ2n) is 7.38. The molecule has 3 rings (SSSR count). The Balaban J connectivity index is 1.73. The molecule has 1 N–H and O–H groups in total. The number of amides is 2. The van der Waals surface area contributed by atoms with Crippen LogP contribution in [0.4, 0.5) is 16.2 Å². The lowest BCUT2D eigenvalue weighted by atomic mass is 10.1. The number of nitrogens with zero attached hydrogens (tertiary/aromatic N) is 2. The molecule has 0 aliphatic carbocycles. The van der Waals surface area contributed by atoms with Gasteiger partial charge in [-0.2, -0.15) is 0 Å². The Kier molecular flexibility index (Phi) is 5.50. The average molecular weight is 351 g/mol. The minimum absolute atomic E-state index is 0.0729. The molecule has 4 heteroatoms. The number of anilines is 2. The van der Waals surface area contributed by atoms with E-state index in [2.05, 4.69) is 53.5 Å². The lowest BCUT2D eigenvalue weighted by Gasteiger charge is -2.25. The minimum Gasteiger partial charge on any atom is -0.371 e. The smallest absolute Gasteiger partial charge is 0.321 e. The van der Waals surface area contributed by atoms with Crippen molar-refractivity contribution in [2.75, 3.05) is 30.4 Å². The number of para-hydroxylation sites is 1. The summed E-state index contributed by atoms with van der Waals surface area (Å²) < 4.78 is 0. The number of carbonyl (C=O) groups is 1. The summed E-state index contributed by atoms with van der Waals surface area (Å²) in [5.41, 5.74) is 6.78. The van der Waals surface area contributed by atoms with Crippen LogP contribution in [0, 0.1) is 20.8 Å². The highest BCUT2D eigenvalue weighted by Gasteiger charge is 2.18. The van der Waals surface area contributed by atoms with E-state index in [1.54, 1.807) is 4.90 Å². The SMILES string of the molecule is Cc1cc(C)c(NC(=O)N(C)Cc2ccccc2N2CCCC2)c(C)c1. The number of urea groups is 1. The van der Waals surface area contributed by atoms with Gasteiger partial charge < -0.3 is 15.1 Å². The number of nitrogens with one attached hydrogen (secondary N) is 1. The van der Waals surface area contributed by atoms with Crippen LogP contribution < -0.4 is 10.2 Å². The Bertz CT molecular complexity index is 771. The molecule has 138 valence electrons. The molecule has 26 heavy (non-hydrogen) atoms. The predicted molar refractivity (Wildman–Crippen MR) is 109 cm³/mol. The highest BCUT2D eigenvalue weighted by molar-refractivity contribution is 5.91. The molecule has 2 aromatic rings. The summed E-state index contributed by atoms with van der Waals surface area (Å²) in [6.45, 7) is 8.97. The van der Waals surface area contributed by atoms with E-state index in [9.17, 15) is 4.79 Å². The van der Waals surface area contributed by atoms with Crippen LogP contribution in [-0.4, -0.2) is 31.1 Å². The molecule has 0 unspecified atom stereocenters. The largest absolute Gasteiger partial charge is 0.371 e. The van der Waals surface area contributed by atoms with E-state index in [1.165, 1.54) is 29.7 Å². The number of carbonyl (C=O) groups excluding carboxylic acids is 1. The van der Waals surface area contributed by atoms with Gasteiger partial charge in [0.2, 0.25) is 0 Å². The van der Waals surface area contributed by atoms with E-state index in [-0.39, 0.29) is 6.03 Å². The lowest BCUT2D eigenvalue weighted by Crippen LogP contribution is -2.32. The lowest BCUT2D eigenvalue weighted by molar-refractivity contribution is 0.220. The first-order valence-corrected chi connectivity index (χ1v) is 9.38. The number of benzene rings is 2. The van der Waals surface area contributed by atoms with Crippen LogP contribution in [0.2, 0.25) is 0 Å². The molecule has 0 saturated carbocycles. The zero-order valence-corrected chi connectivity index (χ0v) is 16.3. The molecule has 4 nitrogen and oxygen atoms in total. The average Bonchev–Trinajstić information content (AvgIpc) is 3.12. The van der Waals surface area contributed by atoms with Crippen molar-refractivity contribution in [3.8, 4) is 0 Å². The van der Waals surface area contributed by atoms with Crippen LogP contribution in [0.3, 0.4) is 0 Å². The van der Waals surface area contributed by atoms with Gasteiger partial charge in [-0.3, -0.25) is 0 Å². The van der Waals surface area contributed by atoms with Gasteiger partial charge in [0.15, 0.2) is 0 Å². The topological polar surface area (TPSA) is 35.6 Å². The van der Waals surface area contributed by atoms with Crippen molar-refractivity contribution in [2.45, 2.75) is 40.2 Å². The van der Waals surface area contributed by atoms with Crippen LogP contribution in [0.5, 0.6) is 0 Å². The molecular weight excluding hydrogens is 322 g/mol. The molecule has 1 aliphatic rings. The molecule has 0 spiro atoms. The fourth-order valence-corrected chi connectivity index (χ4v) is 3.82. The van der Waals surface area contributed by atoms with Gasteiger partial charge in [-0.15, -0.1) is 0 Å². The van der Waals surface area contributed by atoms with Crippen LogP contribution in [0.15, 0.2) is 36.4 Å². The Hall–Kier alpha value is -2.49. The maximum absolute atomic E-state index is 12.7. The highest BCUT2D eigenvalue weighted by atomic mass is 16.2.